The number of ether oxygens (including phenoxy) is 1. The second kappa shape index (κ2) is 6.35. The summed E-state index contributed by atoms with van der Waals surface area (Å²) in [5.41, 5.74) is -0.834. The molecule has 1 heterocycles. The molecule has 6 heteroatoms. The normalized spacial score (nSPS) is 21.3. The molecular weight excluding hydrogens is 294 g/mol. The molecule has 0 aromatic heterocycles. The van der Waals surface area contributed by atoms with E-state index in [0.29, 0.717) is 23.7 Å². The van der Waals surface area contributed by atoms with Crippen molar-refractivity contribution in [3.8, 4) is 5.75 Å². The molecule has 1 aliphatic rings. The summed E-state index contributed by atoms with van der Waals surface area (Å²) in [7, 11) is 0. The molecule has 21 heavy (non-hydrogen) atoms. The maximum Gasteiger partial charge on any atom is 0.311 e. The van der Waals surface area contributed by atoms with Crippen LogP contribution >= 0.6 is 11.6 Å². The highest BCUT2D eigenvalue weighted by molar-refractivity contribution is 6.32. The smallest absolute Gasteiger partial charge is 0.311 e. The van der Waals surface area contributed by atoms with Crippen molar-refractivity contribution < 1.29 is 19.4 Å². The largest absolute Gasteiger partial charge is 0.491 e. The van der Waals surface area contributed by atoms with Crippen LogP contribution in [0.1, 0.15) is 19.8 Å². The van der Waals surface area contributed by atoms with Crippen LogP contribution in [0.5, 0.6) is 5.75 Å². The SMILES string of the molecule is CC1(C(=O)O)CCN(C(=O)CCOc2ccccc2Cl)C1. The number of halogens is 1. The molecule has 1 aromatic carbocycles. The average Bonchev–Trinajstić information content (AvgIpc) is 2.85. The summed E-state index contributed by atoms with van der Waals surface area (Å²) in [5.74, 6) is -0.402. The van der Waals surface area contributed by atoms with Crippen molar-refractivity contribution in [1.82, 2.24) is 4.90 Å². The van der Waals surface area contributed by atoms with E-state index in [1.165, 1.54) is 0 Å². The fraction of sp³-hybridized carbons (Fsp3) is 0.467. The van der Waals surface area contributed by atoms with Gasteiger partial charge in [-0.15, -0.1) is 0 Å². The number of hydrogen-bond donors (Lipinski definition) is 1. The first kappa shape index (κ1) is 15.6. The highest BCUT2D eigenvalue weighted by Crippen LogP contribution is 2.30. The fourth-order valence-electron chi connectivity index (χ4n) is 2.32. The zero-order valence-corrected chi connectivity index (χ0v) is 12.6. The molecule has 0 saturated carbocycles. The molecule has 1 saturated heterocycles. The Morgan fingerprint density at radius 1 is 1.43 bits per heavy atom. The van der Waals surface area contributed by atoms with Crippen molar-refractivity contribution in [2.45, 2.75) is 19.8 Å². The number of nitrogens with zero attached hydrogens (tertiary/aromatic N) is 1. The lowest BCUT2D eigenvalue weighted by Gasteiger charge is -2.20. The van der Waals surface area contributed by atoms with E-state index in [4.69, 9.17) is 21.4 Å². The third-order valence-corrected chi connectivity index (χ3v) is 4.06. The Bertz CT molecular complexity index is 548. The molecule has 5 nitrogen and oxygen atoms in total. The number of carboxylic acids is 1. The predicted molar refractivity (Wildman–Crippen MR) is 78.5 cm³/mol. The number of aliphatic carboxylic acids is 1. The molecule has 2 rings (SSSR count). The number of carboxylic acid groups (broad SMARTS) is 1. The number of carbonyl (C=O) groups excluding carboxylic acids is 1. The van der Waals surface area contributed by atoms with Crippen LogP contribution in [0.3, 0.4) is 0 Å². The van der Waals surface area contributed by atoms with Crippen LogP contribution in [0.15, 0.2) is 24.3 Å². The summed E-state index contributed by atoms with van der Waals surface area (Å²) in [4.78, 5) is 24.8. The van der Waals surface area contributed by atoms with Crippen LogP contribution in [0.2, 0.25) is 5.02 Å². The van der Waals surface area contributed by atoms with Crippen molar-refractivity contribution in [2.24, 2.45) is 5.41 Å². The lowest BCUT2D eigenvalue weighted by molar-refractivity contribution is -0.147. The van der Waals surface area contributed by atoms with Gasteiger partial charge in [0.1, 0.15) is 5.75 Å². The standard InChI is InChI=1S/C15H18ClNO4/c1-15(14(19)20)7-8-17(10-15)13(18)6-9-21-12-5-3-2-4-11(12)16/h2-5H,6-10H2,1H3,(H,19,20). The van der Waals surface area contributed by atoms with Gasteiger partial charge in [0, 0.05) is 13.1 Å². The lowest BCUT2D eigenvalue weighted by atomic mass is 9.90. The van der Waals surface area contributed by atoms with Gasteiger partial charge in [0.15, 0.2) is 0 Å². The molecule has 1 unspecified atom stereocenters. The van der Waals surface area contributed by atoms with Gasteiger partial charge in [-0.05, 0) is 25.5 Å². The maximum atomic E-state index is 12.1. The molecule has 1 atom stereocenters. The summed E-state index contributed by atoms with van der Waals surface area (Å²) in [5, 5.41) is 9.65. The van der Waals surface area contributed by atoms with Gasteiger partial charge in [0.05, 0.1) is 23.5 Å². The van der Waals surface area contributed by atoms with Crippen molar-refractivity contribution in [2.75, 3.05) is 19.7 Å². The first-order chi connectivity index (χ1) is 9.92. The van der Waals surface area contributed by atoms with Crippen molar-refractivity contribution in [3.63, 3.8) is 0 Å². The molecule has 1 N–H and O–H groups in total. The molecule has 1 aromatic rings. The summed E-state index contributed by atoms with van der Waals surface area (Å²) in [6, 6.07) is 7.07. The van der Waals surface area contributed by atoms with Gasteiger partial charge < -0.3 is 14.7 Å². The average molecular weight is 312 g/mol. The van der Waals surface area contributed by atoms with Gasteiger partial charge in [-0.2, -0.15) is 0 Å². The maximum absolute atomic E-state index is 12.1. The van der Waals surface area contributed by atoms with Gasteiger partial charge in [0.2, 0.25) is 5.91 Å². The molecule has 114 valence electrons. The molecule has 1 amide bonds. The third-order valence-electron chi connectivity index (χ3n) is 3.75. The van der Waals surface area contributed by atoms with E-state index < -0.39 is 11.4 Å². The number of carbonyl (C=O) groups is 2. The van der Waals surface area contributed by atoms with E-state index in [9.17, 15) is 9.59 Å². The van der Waals surface area contributed by atoms with E-state index in [0.717, 1.165) is 0 Å². The summed E-state index contributed by atoms with van der Waals surface area (Å²) < 4.78 is 5.47. The third kappa shape index (κ3) is 3.67. The first-order valence-electron chi connectivity index (χ1n) is 6.81. The number of benzene rings is 1. The zero-order chi connectivity index (χ0) is 15.5. The van der Waals surface area contributed by atoms with Gasteiger partial charge in [0.25, 0.3) is 0 Å². The topological polar surface area (TPSA) is 66.8 Å². The molecule has 0 aliphatic carbocycles. The second-order valence-electron chi connectivity index (χ2n) is 5.46. The molecular formula is C15H18ClNO4. The molecule has 1 fully saturated rings. The molecule has 0 radical (unpaired) electrons. The highest BCUT2D eigenvalue weighted by Gasteiger charge is 2.41. The zero-order valence-electron chi connectivity index (χ0n) is 11.8. The fourth-order valence-corrected chi connectivity index (χ4v) is 2.51. The number of hydrogen-bond acceptors (Lipinski definition) is 3. The molecule has 0 bridgehead atoms. The van der Waals surface area contributed by atoms with Gasteiger partial charge in [-0.1, -0.05) is 23.7 Å². The van der Waals surface area contributed by atoms with E-state index >= 15 is 0 Å². The Labute approximate surface area is 128 Å². The van der Waals surface area contributed by atoms with Crippen LogP contribution in [0.25, 0.3) is 0 Å². The number of likely N-dealkylation sites (tertiary alicyclic amines) is 1. The second-order valence-corrected chi connectivity index (χ2v) is 5.87. The Kier molecular flexibility index (Phi) is 4.73. The first-order valence-corrected chi connectivity index (χ1v) is 7.19. The van der Waals surface area contributed by atoms with Crippen LogP contribution in [0, 0.1) is 5.41 Å². The quantitative estimate of drug-likeness (QED) is 0.907. The van der Waals surface area contributed by atoms with E-state index in [1.54, 1.807) is 30.0 Å². The predicted octanol–water partition coefficient (Wildman–Crippen LogP) is 2.43. The van der Waals surface area contributed by atoms with E-state index in [2.05, 4.69) is 0 Å². The van der Waals surface area contributed by atoms with E-state index in [1.807, 2.05) is 6.07 Å². The van der Waals surface area contributed by atoms with Gasteiger partial charge >= 0.3 is 5.97 Å². The van der Waals surface area contributed by atoms with Crippen LogP contribution < -0.4 is 4.74 Å². The summed E-state index contributed by atoms with van der Waals surface area (Å²) in [6.45, 7) is 2.63. The Morgan fingerprint density at radius 3 is 2.76 bits per heavy atom. The Morgan fingerprint density at radius 2 is 2.14 bits per heavy atom. The minimum Gasteiger partial charge on any atom is -0.491 e. The Balaban J connectivity index is 1.81. The lowest BCUT2D eigenvalue weighted by Crippen LogP contribution is -2.35. The number of rotatable bonds is 5. The van der Waals surface area contributed by atoms with Crippen molar-refractivity contribution in [3.05, 3.63) is 29.3 Å². The monoisotopic (exact) mass is 311 g/mol. The van der Waals surface area contributed by atoms with E-state index in [-0.39, 0.29) is 25.5 Å². The Hall–Kier alpha value is -1.75. The van der Waals surface area contributed by atoms with Gasteiger partial charge in [-0.3, -0.25) is 9.59 Å². The summed E-state index contributed by atoms with van der Waals surface area (Å²) in [6.07, 6.45) is 0.695. The molecule has 1 aliphatic heterocycles. The minimum atomic E-state index is -0.856. The van der Waals surface area contributed by atoms with Crippen LogP contribution in [-0.2, 0) is 9.59 Å². The van der Waals surface area contributed by atoms with Crippen LogP contribution in [-0.4, -0.2) is 41.6 Å². The van der Waals surface area contributed by atoms with Gasteiger partial charge in [-0.25, -0.2) is 0 Å². The van der Waals surface area contributed by atoms with Crippen LogP contribution in [0.4, 0.5) is 0 Å². The number of amides is 1. The van der Waals surface area contributed by atoms with Crippen molar-refractivity contribution >= 4 is 23.5 Å². The summed E-state index contributed by atoms with van der Waals surface area (Å²) >= 11 is 5.95. The van der Waals surface area contributed by atoms with Crippen molar-refractivity contribution in [1.29, 1.82) is 0 Å². The highest BCUT2D eigenvalue weighted by atomic mass is 35.5. The number of para-hydroxylation sites is 1. The molecule has 0 spiro atoms. The minimum absolute atomic E-state index is 0.0907.